The van der Waals surface area contributed by atoms with Crippen LogP contribution in [0.5, 0.6) is 0 Å². The van der Waals surface area contributed by atoms with E-state index in [9.17, 15) is 50.8 Å². The number of hydrogen-bond donors (Lipinski definition) is 9. The van der Waals surface area contributed by atoms with Gasteiger partial charge < -0.3 is 79.1 Å². The van der Waals surface area contributed by atoms with Gasteiger partial charge in [0.15, 0.2) is 24.5 Å². The Hall–Kier alpha value is -1.98. The topological polar surface area (TPSA) is 281 Å². The number of Topliss-reactive ketones (excluding diaryl/α,β-unsaturated/α-hetero) is 1. The second-order valence-corrected chi connectivity index (χ2v) is 22.0. The van der Waals surface area contributed by atoms with Gasteiger partial charge in [-0.15, -0.1) is 0 Å². The summed E-state index contributed by atoms with van der Waals surface area (Å²) in [6.45, 7) is 16.4. The maximum absolute atomic E-state index is 15.0. The molecule has 0 spiro atoms. The number of aliphatic hydroxyl groups is 9. The van der Waals surface area contributed by atoms with Crippen molar-refractivity contribution in [2.24, 2.45) is 45.3 Å². The fourth-order valence-electron chi connectivity index (χ4n) is 13.8. The third kappa shape index (κ3) is 7.46. The highest BCUT2D eigenvalue weighted by Gasteiger charge is 2.75. The molecular weight excluding hydrogens is 852 g/mol. The van der Waals surface area contributed by atoms with E-state index in [-0.39, 0.29) is 42.3 Å². The first kappa shape index (κ1) is 49.4. The zero-order valence-electron chi connectivity index (χ0n) is 38.9. The minimum Gasteiger partial charge on any atom is -0.483 e. The van der Waals surface area contributed by atoms with E-state index in [1.165, 1.54) is 6.92 Å². The summed E-state index contributed by atoms with van der Waals surface area (Å²) in [7, 11) is 0. The van der Waals surface area contributed by atoms with Gasteiger partial charge in [0.1, 0.15) is 72.6 Å². The van der Waals surface area contributed by atoms with Crippen LogP contribution in [0.2, 0.25) is 0 Å². The maximum atomic E-state index is 15.0. The van der Waals surface area contributed by atoms with Gasteiger partial charge in [-0.25, -0.2) is 0 Å². The van der Waals surface area contributed by atoms with E-state index in [0.29, 0.717) is 31.4 Å². The summed E-state index contributed by atoms with van der Waals surface area (Å²) in [5, 5.41) is 98.0. The number of allylic oxidation sites excluding steroid dienone is 2. The van der Waals surface area contributed by atoms with Crippen molar-refractivity contribution in [2.75, 3.05) is 13.2 Å². The van der Waals surface area contributed by atoms with Gasteiger partial charge in [0.05, 0.1) is 31.5 Å². The number of carbonyl (C=O) groups is 2. The quantitative estimate of drug-likeness (QED) is 0.139. The first-order chi connectivity index (χ1) is 30.3. The molecule has 0 radical (unpaired) electrons. The molecule has 8 rings (SSSR count). The van der Waals surface area contributed by atoms with Crippen molar-refractivity contribution in [3.05, 3.63) is 23.5 Å². The summed E-state index contributed by atoms with van der Waals surface area (Å²) >= 11 is 0. The number of fused-ring (bicyclic) bond motifs is 5. The normalized spacial score (nSPS) is 53.2. The molecule has 4 aliphatic heterocycles. The Morgan fingerprint density at radius 3 is 2.08 bits per heavy atom. The largest absolute Gasteiger partial charge is 0.483 e. The van der Waals surface area contributed by atoms with Crippen LogP contribution in [0.4, 0.5) is 0 Å². The molecular formula is C47H72O18. The Morgan fingerprint density at radius 2 is 1.43 bits per heavy atom. The van der Waals surface area contributed by atoms with E-state index >= 15 is 4.79 Å². The van der Waals surface area contributed by atoms with Crippen LogP contribution in [0.15, 0.2) is 23.5 Å². The zero-order chi connectivity index (χ0) is 47.7. The van der Waals surface area contributed by atoms with Crippen LogP contribution >= 0.6 is 0 Å². The molecule has 4 heterocycles. The molecule has 18 nitrogen and oxygen atoms in total. The first-order valence-corrected chi connectivity index (χ1v) is 23.4. The van der Waals surface area contributed by atoms with E-state index in [1.807, 2.05) is 27.7 Å². The summed E-state index contributed by atoms with van der Waals surface area (Å²) in [5.74, 6) is -0.413. The second kappa shape index (κ2) is 17.2. The lowest BCUT2D eigenvalue weighted by Gasteiger charge is -2.65. The van der Waals surface area contributed by atoms with Gasteiger partial charge >= 0.3 is 0 Å². The Balaban J connectivity index is 1.000. The van der Waals surface area contributed by atoms with Gasteiger partial charge in [0.2, 0.25) is 5.78 Å². The van der Waals surface area contributed by atoms with E-state index in [0.717, 1.165) is 5.57 Å². The molecule has 18 heteroatoms. The van der Waals surface area contributed by atoms with Crippen LogP contribution in [0.3, 0.4) is 0 Å². The molecule has 3 saturated heterocycles. The SMILES string of the molecule is CC(C)C1=CC(=O)[C@](C)([C@H]2[C@H](O)C[C@@]3(C)[C@@H]4CC=C5[C@H](CC[C@@H](O[C@@H]6OC[C@@H](O)[C@H](O[C@@H]7O[C@H](CO)[C@@H](O)[C@H](O)[C@H]7O[C@@H]7O[C@@H](C)[C@H](O)[C@@H](O)[C@H]7O)[C@H]6O)C5(C)C)[C@]4(C)C(=O)C[C@]23C)O1. The van der Waals surface area contributed by atoms with E-state index in [2.05, 4.69) is 26.8 Å². The van der Waals surface area contributed by atoms with Crippen molar-refractivity contribution in [1.82, 2.24) is 0 Å². The summed E-state index contributed by atoms with van der Waals surface area (Å²) in [6, 6.07) is 0. The van der Waals surface area contributed by atoms with Crippen molar-refractivity contribution in [3.63, 3.8) is 0 Å². The average Bonchev–Trinajstić information content (AvgIpc) is 3.65. The molecule has 0 unspecified atom stereocenters. The lowest BCUT2D eigenvalue weighted by Crippen LogP contribution is -2.66. The van der Waals surface area contributed by atoms with E-state index < -0.39 is 138 Å². The van der Waals surface area contributed by atoms with Crippen molar-refractivity contribution < 1.29 is 88.7 Å². The smallest absolute Gasteiger partial charge is 0.202 e. The van der Waals surface area contributed by atoms with Crippen molar-refractivity contribution in [2.45, 2.75) is 198 Å². The summed E-state index contributed by atoms with van der Waals surface area (Å²) < 4.78 is 42.2. The third-order valence-electron chi connectivity index (χ3n) is 17.8. The number of carbonyl (C=O) groups excluding carboxylic acids is 2. The Bertz CT molecular complexity index is 1890. The lowest BCUT2D eigenvalue weighted by molar-refractivity contribution is -0.384. The fraction of sp³-hybridized carbons (Fsp3) is 0.872. The van der Waals surface area contributed by atoms with Crippen LogP contribution in [-0.4, -0.2) is 175 Å². The highest BCUT2D eigenvalue weighted by atomic mass is 16.8. The molecule has 0 amide bonds. The third-order valence-corrected chi connectivity index (χ3v) is 17.8. The molecule has 0 bridgehead atoms. The van der Waals surface area contributed by atoms with Crippen LogP contribution in [0, 0.1) is 45.3 Å². The lowest BCUT2D eigenvalue weighted by atomic mass is 9.38. The number of ether oxygens (including phenoxy) is 7. The van der Waals surface area contributed by atoms with Crippen molar-refractivity contribution in [3.8, 4) is 0 Å². The minimum absolute atomic E-state index is 0.0127. The maximum Gasteiger partial charge on any atom is 0.202 e. The predicted molar refractivity (Wildman–Crippen MR) is 225 cm³/mol. The Kier molecular flexibility index (Phi) is 13.0. The molecule has 368 valence electrons. The van der Waals surface area contributed by atoms with Gasteiger partial charge in [0, 0.05) is 35.2 Å². The van der Waals surface area contributed by atoms with Gasteiger partial charge in [-0.2, -0.15) is 0 Å². The van der Waals surface area contributed by atoms with Gasteiger partial charge in [-0.3, -0.25) is 9.59 Å². The van der Waals surface area contributed by atoms with E-state index in [1.54, 1.807) is 13.0 Å². The van der Waals surface area contributed by atoms with Gasteiger partial charge in [-0.05, 0) is 62.2 Å². The monoisotopic (exact) mass is 924 g/mol. The molecule has 0 aromatic heterocycles. The molecule has 6 fully saturated rings. The minimum atomic E-state index is -1.82. The first-order valence-electron chi connectivity index (χ1n) is 23.4. The number of hydrogen-bond acceptors (Lipinski definition) is 18. The number of ketones is 2. The number of rotatable bonds is 9. The zero-order valence-corrected chi connectivity index (χ0v) is 38.9. The molecule has 65 heavy (non-hydrogen) atoms. The summed E-state index contributed by atoms with van der Waals surface area (Å²) in [5.41, 5.74) is -2.99. The molecule has 9 N–H and O–H groups in total. The molecule has 23 atom stereocenters. The van der Waals surface area contributed by atoms with Crippen LogP contribution in [-0.2, 0) is 42.7 Å². The summed E-state index contributed by atoms with van der Waals surface area (Å²) in [6.07, 6.45) is -17.3. The van der Waals surface area contributed by atoms with Crippen LogP contribution in [0.1, 0.15) is 94.4 Å². The molecule has 3 saturated carbocycles. The van der Waals surface area contributed by atoms with Crippen LogP contribution in [0.25, 0.3) is 0 Å². The predicted octanol–water partition coefficient (Wildman–Crippen LogP) is 0.140. The molecule has 4 aliphatic carbocycles. The fourth-order valence-corrected chi connectivity index (χ4v) is 13.8. The van der Waals surface area contributed by atoms with Crippen molar-refractivity contribution >= 4 is 11.6 Å². The van der Waals surface area contributed by atoms with Crippen molar-refractivity contribution in [1.29, 1.82) is 0 Å². The average molecular weight is 925 g/mol. The Labute approximate surface area is 379 Å². The standard InChI is InChI=1S/C47H72O18/c1-19(2)25-14-28(51)47(9,65-25)39-23(49)15-44(6)27-12-10-21-22(46(27,8)29(52)16-45(39,44)7)11-13-30(43(21,4)5)62-40-36(58)37(24(50)18-59-40)63-42-38(34(56)32(54)26(17-48)61-42)64-41-35(57)33(55)31(53)20(3)60-41/h10,14,19-20,22-24,26-27,30-42,48-50,53-58H,11-13,15-18H2,1-9H3/t20-,22-,23+,24+,26+,27-,30+,31-,32+,33+,34-,35+,36+,37-,38+,39-,40-,41-,42-,44-,45+,46-,47+/m0/s1. The highest BCUT2D eigenvalue weighted by molar-refractivity contribution is 6.00. The van der Waals surface area contributed by atoms with Crippen LogP contribution < -0.4 is 0 Å². The number of aliphatic hydroxyl groups excluding tert-OH is 9. The molecule has 0 aromatic rings. The van der Waals surface area contributed by atoms with Gasteiger partial charge in [-0.1, -0.05) is 60.1 Å². The molecule has 8 aliphatic rings. The second-order valence-electron chi connectivity index (χ2n) is 22.0. The highest BCUT2D eigenvalue weighted by Crippen LogP contribution is 2.75. The summed E-state index contributed by atoms with van der Waals surface area (Å²) in [4.78, 5) is 28.7. The van der Waals surface area contributed by atoms with E-state index in [4.69, 9.17) is 33.2 Å². The Morgan fingerprint density at radius 1 is 0.754 bits per heavy atom. The van der Waals surface area contributed by atoms with Gasteiger partial charge in [0.25, 0.3) is 0 Å². The molecule has 0 aromatic carbocycles.